The summed E-state index contributed by atoms with van der Waals surface area (Å²) in [5, 5.41) is 0. The second-order valence-electron chi connectivity index (χ2n) is 10.6. The molecule has 4 aliphatic rings. The topological polar surface area (TPSA) is 44.8 Å². The Labute approximate surface area is 170 Å². The molecule has 2 unspecified atom stereocenters. The van der Waals surface area contributed by atoms with Crippen LogP contribution in [0.5, 0.6) is 0 Å². The Balaban J connectivity index is 1.83. The summed E-state index contributed by atoms with van der Waals surface area (Å²) >= 11 is 0. The molecular weight excluding hydrogens is 352 g/mol. The van der Waals surface area contributed by atoms with E-state index in [9.17, 15) is 4.79 Å². The summed E-state index contributed by atoms with van der Waals surface area (Å²) in [4.78, 5) is 14.0. The maximum absolute atomic E-state index is 14.0. The first-order chi connectivity index (χ1) is 13.2. The fraction of sp³-hybridized carbons (Fsp3) is 0.875. The van der Waals surface area contributed by atoms with Crippen molar-refractivity contribution in [3.8, 4) is 0 Å². The number of Topliss-reactive ketones (excluding diaryl/α,β-unsaturated/α-hetero) is 1. The third-order valence-corrected chi connectivity index (χ3v) is 9.09. The number of carbonyl (C=O) groups excluding carboxylic acids is 1. The number of hydrogen-bond acceptors (Lipinski definition) is 4. The summed E-state index contributed by atoms with van der Waals surface area (Å²) in [6, 6.07) is 0. The fourth-order valence-corrected chi connectivity index (χ4v) is 8.05. The van der Waals surface area contributed by atoms with Crippen LogP contribution in [-0.4, -0.2) is 39.0 Å². The quantitative estimate of drug-likeness (QED) is 0.484. The second kappa shape index (κ2) is 6.92. The lowest BCUT2D eigenvalue weighted by Crippen LogP contribution is -2.57. The second-order valence-corrected chi connectivity index (χ2v) is 10.6. The molecule has 0 aromatic carbocycles. The zero-order chi connectivity index (χ0) is 20.3. The fourth-order valence-electron chi connectivity index (χ4n) is 8.05. The molecular formula is C24H38O4. The zero-order valence-corrected chi connectivity index (χ0v) is 18.4. The van der Waals surface area contributed by atoms with Crippen molar-refractivity contribution >= 4 is 5.78 Å². The molecule has 0 heterocycles. The molecule has 0 N–H and O–H groups in total. The molecule has 0 amide bonds. The van der Waals surface area contributed by atoms with Crippen LogP contribution < -0.4 is 0 Å². The molecule has 1 spiro atoms. The van der Waals surface area contributed by atoms with E-state index in [2.05, 4.69) is 20.4 Å². The Morgan fingerprint density at radius 1 is 1.21 bits per heavy atom. The van der Waals surface area contributed by atoms with Crippen LogP contribution in [0.25, 0.3) is 0 Å². The molecule has 0 aliphatic heterocycles. The standard InChI is InChI=1S/C24H38O4/c1-15(2)11-22(4)13-19(28-14-26-5)24-12-17(24)7-9-23(16(3)21(22)25)10-8-18(27-6)20(23)24/h16-20H,1,7-14H2,2-6H3/t16-,17-,18+,19+,20?,22+,23?,24-/m0/s1. The summed E-state index contributed by atoms with van der Waals surface area (Å²) in [7, 11) is 3.54. The summed E-state index contributed by atoms with van der Waals surface area (Å²) in [5.74, 6) is 1.62. The van der Waals surface area contributed by atoms with E-state index in [-0.39, 0.29) is 29.0 Å². The molecule has 0 saturated heterocycles. The van der Waals surface area contributed by atoms with Gasteiger partial charge in [0.15, 0.2) is 0 Å². The molecule has 4 rings (SSSR count). The number of allylic oxidation sites excluding steroid dienone is 1. The molecule has 8 atom stereocenters. The highest BCUT2D eigenvalue weighted by molar-refractivity contribution is 5.88. The van der Waals surface area contributed by atoms with Crippen molar-refractivity contribution in [2.75, 3.05) is 21.0 Å². The Bertz CT molecular complexity index is 659. The lowest BCUT2D eigenvalue weighted by atomic mass is 9.50. The smallest absolute Gasteiger partial charge is 0.146 e. The molecule has 4 nitrogen and oxygen atoms in total. The van der Waals surface area contributed by atoms with Gasteiger partial charge in [0.2, 0.25) is 0 Å². The monoisotopic (exact) mass is 390 g/mol. The van der Waals surface area contributed by atoms with Gasteiger partial charge in [-0.15, -0.1) is 6.58 Å². The zero-order valence-electron chi connectivity index (χ0n) is 18.4. The molecule has 158 valence electrons. The molecule has 4 saturated carbocycles. The van der Waals surface area contributed by atoms with Gasteiger partial charge in [-0.25, -0.2) is 0 Å². The van der Waals surface area contributed by atoms with E-state index in [4.69, 9.17) is 14.2 Å². The van der Waals surface area contributed by atoms with Gasteiger partial charge in [-0.2, -0.15) is 0 Å². The normalized spacial score (nSPS) is 49.8. The average molecular weight is 391 g/mol. The van der Waals surface area contributed by atoms with Crippen LogP contribution in [0.2, 0.25) is 0 Å². The SMILES string of the molecule is C=C(C)C[C@]1(C)C[C@@H](OCOC)[C@]23C[C@@H]2CCC2(CC[C@@H](OC)C23)[C@@H](C)C1=O. The first kappa shape index (κ1) is 20.6. The van der Waals surface area contributed by atoms with Crippen molar-refractivity contribution < 1.29 is 19.0 Å². The largest absolute Gasteiger partial charge is 0.381 e. The molecule has 4 heteroatoms. The van der Waals surface area contributed by atoms with Gasteiger partial charge in [0.1, 0.15) is 12.6 Å². The van der Waals surface area contributed by atoms with E-state index in [1.807, 2.05) is 14.0 Å². The molecule has 0 aromatic rings. The van der Waals surface area contributed by atoms with Gasteiger partial charge in [0, 0.05) is 31.0 Å². The van der Waals surface area contributed by atoms with Crippen LogP contribution in [0.3, 0.4) is 0 Å². The Morgan fingerprint density at radius 2 is 1.93 bits per heavy atom. The summed E-state index contributed by atoms with van der Waals surface area (Å²) in [5.41, 5.74) is 0.888. The average Bonchev–Trinajstić information content (AvgIpc) is 3.28. The van der Waals surface area contributed by atoms with E-state index in [0.29, 0.717) is 24.4 Å². The maximum Gasteiger partial charge on any atom is 0.146 e. The lowest BCUT2D eigenvalue weighted by Gasteiger charge is -2.55. The predicted octanol–water partition coefficient (Wildman–Crippen LogP) is 4.77. The summed E-state index contributed by atoms with van der Waals surface area (Å²) in [6.45, 7) is 10.9. The van der Waals surface area contributed by atoms with Gasteiger partial charge >= 0.3 is 0 Å². The van der Waals surface area contributed by atoms with Gasteiger partial charge < -0.3 is 14.2 Å². The Kier molecular flexibility index (Phi) is 5.08. The van der Waals surface area contributed by atoms with Crippen LogP contribution >= 0.6 is 0 Å². The van der Waals surface area contributed by atoms with Crippen molar-refractivity contribution in [3.63, 3.8) is 0 Å². The van der Waals surface area contributed by atoms with E-state index < -0.39 is 5.41 Å². The highest BCUT2D eigenvalue weighted by Gasteiger charge is 2.76. The van der Waals surface area contributed by atoms with Crippen LogP contribution in [0, 0.1) is 34.0 Å². The molecule has 2 bridgehead atoms. The van der Waals surface area contributed by atoms with Crippen molar-refractivity contribution in [2.45, 2.75) is 77.9 Å². The van der Waals surface area contributed by atoms with Gasteiger partial charge in [-0.05, 0) is 69.1 Å². The molecule has 28 heavy (non-hydrogen) atoms. The predicted molar refractivity (Wildman–Crippen MR) is 109 cm³/mol. The Hall–Kier alpha value is -0.710. The third-order valence-electron chi connectivity index (χ3n) is 9.09. The van der Waals surface area contributed by atoms with Crippen molar-refractivity contribution in [2.24, 2.45) is 34.0 Å². The number of methoxy groups -OCH3 is 2. The molecule has 0 aromatic heterocycles. The van der Waals surface area contributed by atoms with Gasteiger partial charge in [0.05, 0.1) is 12.2 Å². The first-order valence-corrected chi connectivity index (χ1v) is 11.1. The number of ether oxygens (including phenoxy) is 3. The van der Waals surface area contributed by atoms with Crippen LogP contribution in [-0.2, 0) is 19.0 Å². The minimum atomic E-state index is -0.412. The highest BCUT2D eigenvalue weighted by atomic mass is 16.7. The van der Waals surface area contributed by atoms with Gasteiger partial charge in [0.25, 0.3) is 0 Å². The van der Waals surface area contributed by atoms with Crippen molar-refractivity contribution in [3.05, 3.63) is 12.2 Å². The molecule has 4 aliphatic carbocycles. The minimum absolute atomic E-state index is 0.0543. The van der Waals surface area contributed by atoms with Gasteiger partial charge in [-0.1, -0.05) is 19.4 Å². The van der Waals surface area contributed by atoms with E-state index in [1.165, 1.54) is 12.8 Å². The van der Waals surface area contributed by atoms with Crippen LogP contribution in [0.1, 0.15) is 65.7 Å². The van der Waals surface area contributed by atoms with Crippen LogP contribution in [0.4, 0.5) is 0 Å². The first-order valence-electron chi connectivity index (χ1n) is 11.1. The van der Waals surface area contributed by atoms with E-state index in [1.54, 1.807) is 7.11 Å². The summed E-state index contributed by atoms with van der Waals surface area (Å²) in [6.07, 6.45) is 7.62. The highest BCUT2D eigenvalue weighted by Crippen LogP contribution is 2.78. The van der Waals surface area contributed by atoms with Gasteiger partial charge in [-0.3, -0.25) is 4.79 Å². The number of hydrogen-bond donors (Lipinski definition) is 0. The number of carbonyl (C=O) groups is 1. The van der Waals surface area contributed by atoms with E-state index >= 15 is 0 Å². The lowest BCUT2D eigenvalue weighted by molar-refractivity contribution is -0.182. The van der Waals surface area contributed by atoms with Crippen LogP contribution in [0.15, 0.2) is 12.2 Å². The van der Waals surface area contributed by atoms with E-state index in [0.717, 1.165) is 37.7 Å². The summed E-state index contributed by atoms with van der Waals surface area (Å²) < 4.78 is 17.8. The Morgan fingerprint density at radius 3 is 2.57 bits per heavy atom. The number of rotatable bonds is 6. The third kappa shape index (κ3) is 2.70. The van der Waals surface area contributed by atoms with Crippen molar-refractivity contribution in [1.29, 1.82) is 0 Å². The van der Waals surface area contributed by atoms with Crippen molar-refractivity contribution in [1.82, 2.24) is 0 Å². The minimum Gasteiger partial charge on any atom is -0.381 e. The number of ketones is 1. The maximum atomic E-state index is 14.0. The molecule has 0 radical (unpaired) electrons. The molecule has 4 fully saturated rings.